The van der Waals surface area contributed by atoms with Gasteiger partial charge in [-0.3, -0.25) is 4.79 Å². The van der Waals surface area contributed by atoms with Crippen LogP contribution < -0.4 is 11.1 Å². The Kier molecular flexibility index (Phi) is 5.39. The van der Waals surface area contributed by atoms with E-state index < -0.39 is 0 Å². The van der Waals surface area contributed by atoms with Crippen molar-refractivity contribution in [2.75, 3.05) is 11.1 Å². The predicted molar refractivity (Wildman–Crippen MR) is 120 cm³/mol. The summed E-state index contributed by atoms with van der Waals surface area (Å²) in [7, 11) is 0. The van der Waals surface area contributed by atoms with Gasteiger partial charge < -0.3 is 11.1 Å². The van der Waals surface area contributed by atoms with Crippen LogP contribution in [0.1, 0.15) is 21.5 Å². The smallest absolute Gasteiger partial charge is 0.255 e. The minimum absolute atomic E-state index is 0.115. The van der Waals surface area contributed by atoms with Crippen LogP contribution in [0.5, 0.6) is 0 Å². The second-order valence-electron chi connectivity index (χ2n) is 7.01. The number of nitrogen functional groups attached to an aromatic ring is 1. The minimum Gasteiger partial charge on any atom is -0.399 e. The molecule has 3 heteroatoms. The van der Waals surface area contributed by atoms with Crippen molar-refractivity contribution < 1.29 is 4.79 Å². The van der Waals surface area contributed by atoms with Gasteiger partial charge in [0, 0.05) is 16.9 Å². The fourth-order valence-corrected chi connectivity index (χ4v) is 3.23. The van der Waals surface area contributed by atoms with Crippen LogP contribution in [0.4, 0.5) is 11.4 Å². The molecule has 0 fully saturated rings. The average Bonchev–Trinajstić information content (AvgIpc) is 2.77. The first-order chi connectivity index (χ1) is 14.2. The maximum absolute atomic E-state index is 12.5. The van der Waals surface area contributed by atoms with Crippen LogP contribution >= 0.6 is 0 Å². The Bertz CT molecular complexity index is 1080. The van der Waals surface area contributed by atoms with E-state index in [1.54, 1.807) is 0 Å². The minimum atomic E-state index is -0.115. The second kappa shape index (κ2) is 8.44. The third-order valence-corrected chi connectivity index (χ3v) is 4.85. The molecule has 3 nitrogen and oxygen atoms in total. The van der Waals surface area contributed by atoms with Crippen molar-refractivity contribution >= 4 is 17.3 Å². The van der Waals surface area contributed by atoms with Gasteiger partial charge in [0.1, 0.15) is 0 Å². The first-order valence-electron chi connectivity index (χ1n) is 9.57. The lowest BCUT2D eigenvalue weighted by Gasteiger charge is -2.08. The number of anilines is 2. The molecule has 0 atom stereocenters. The zero-order valence-electron chi connectivity index (χ0n) is 16.0. The van der Waals surface area contributed by atoms with E-state index >= 15 is 0 Å². The molecule has 142 valence electrons. The Hall–Kier alpha value is -3.85. The molecule has 0 aromatic heterocycles. The summed E-state index contributed by atoms with van der Waals surface area (Å²) in [5, 5.41) is 2.96. The SMILES string of the molecule is Nc1ccc(Cc2ccc(NC(=O)c3ccc(-c4ccccc4)cc3)cc2)cc1. The van der Waals surface area contributed by atoms with Crippen LogP contribution in [0.3, 0.4) is 0 Å². The van der Waals surface area contributed by atoms with Crippen LogP contribution in [0, 0.1) is 0 Å². The number of rotatable bonds is 5. The molecular formula is C26H22N2O. The van der Waals surface area contributed by atoms with Gasteiger partial charge in [-0.2, -0.15) is 0 Å². The van der Waals surface area contributed by atoms with Crippen molar-refractivity contribution in [1.29, 1.82) is 0 Å². The Labute approximate surface area is 170 Å². The molecule has 0 heterocycles. The molecule has 3 N–H and O–H groups in total. The number of carbonyl (C=O) groups is 1. The summed E-state index contributed by atoms with van der Waals surface area (Å²) in [6.07, 6.45) is 0.829. The van der Waals surface area contributed by atoms with E-state index in [-0.39, 0.29) is 5.91 Å². The standard InChI is InChI=1S/C26H22N2O/c27-24-14-6-19(7-15-24)18-20-8-16-25(17-9-20)28-26(29)23-12-10-22(11-13-23)21-4-2-1-3-5-21/h1-17H,18,27H2,(H,28,29). The highest BCUT2D eigenvalue weighted by molar-refractivity contribution is 6.04. The van der Waals surface area contributed by atoms with E-state index in [1.165, 1.54) is 11.1 Å². The van der Waals surface area contributed by atoms with Gasteiger partial charge in [-0.05, 0) is 65.1 Å². The Morgan fingerprint density at radius 3 is 1.83 bits per heavy atom. The van der Waals surface area contributed by atoms with Gasteiger partial charge in [0.05, 0.1) is 0 Å². The molecule has 4 aromatic rings. The summed E-state index contributed by atoms with van der Waals surface area (Å²) in [5.41, 5.74) is 12.5. The molecule has 4 aromatic carbocycles. The number of nitrogens with two attached hydrogens (primary N) is 1. The molecule has 29 heavy (non-hydrogen) atoms. The summed E-state index contributed by atoms with van der Waals surface area (Å²) in [5.74, 6) is -0.115. The van der Waals surface area contributed by atoms with Gasteiger partial charge in [0.25, 0.3) is 5.91 Å². The molecule has 1 amide bonds. The molecule has 0 aliphatic carbocycles. The predicted octanol–water partition coefficient (Wildman–Crippen LogP) is 5.78. The first-order valence-corrected chi connectivity index (χ1v) is 9.57. The number of hydrogen-bond donors (Lipinski definition) is 2. The molecule has 0 spiro atoms. The normalized spacial score (nSPS) is 10.5. The van der Waals surface area contributed by atoms with E-state index in [2.05, 4.69) is 17.4 Å². The highest BCUT2D eigenvalue weighted by Gasteiger charge is 2.07. The van der Waals surface area contributed by atoms with Crippen molar-refractivity contribution in [1.82, 2.24) is 0 Å². The fraction of sp³-hybridized carbons (Fsp3) is 0.0385. The van der Waals surface area contributed by atoms with Crippen LogP contribution in [-0.2, 0) is 6.42 Å². The topological polar surface area (TPSA) is 55.1 Å². The number of benzene rings is 4. The van der Waals surface area contributed by atoms with E-state index in [9.17, 15) is 4.79 Å². The van der Waals surface area contributed by atoms with Gasteiger partial charge in [0.15, 0.2) is 0 Å². The molecule has 0 aliphatic rings. The van der Waals surface area contributed by atoms with E-state index in [0.29, 0.717) is 5.56 Å². The molecule has 0 radical (unpaired) electrons. The zero-order valence-corrected chi connectivity index (χ0v) is 16.0. The van der Waals surface area contributed by atoms with E-state index in [0.717, 1.165) is 28.9 Å². The van der Waals surface area contributed by atoms with Gasteiger partial charge in [-0.25, -0.2) is 0 Å². The van der Waals surface area contributed by atoms with E-state index in [4.69, 9.17) is 5.73 Å². The molecule has 0 saturated carbocycles. The molecule has 0 bridgehead atoms. The van der Waals surface area contributed by atoms with Crippen molar-refractivity contribution in [2.45, 2.75) is 6.42 Å². The monoisotopic (exact) mass is 378 g/mol. The Morgan fingerprint density at radius 2 is 1.21 bits per heavy atom. The number of carbonyl (C=O) groups excluding carboxylic acids is 1. The van der Waals surface area contributed by atoms with Gasteiger partial charge in [-0.1, -0.05) is 66.7 Å². The maximum atomic E-state index is 12.5. The van der Waals surface area contributed by atoms with Crippen molar-refractivity contribution in [3.8, 4) is 11.1 Å². The Morgan fingerprint density at radius 1 is 0.655 bits per heavy atom. The van der Waals surface area contributed by atoms with Gasteiger partial charge >= 0.3 is 0 Å². The van der Waals surface area contributed by atoms with Crippen molar-refractivity contribution in [3.63, 3.8) is 0 Å². The molecular weight excluding hydrogens is 356 g/mol. The molecule has 0 aliphatic heterocycles. The van der Waals surface area contributed by atoms with Gasteiger partial charge in [0.2, 0.25) is 0 Å². The number of nitrogens with one attached hydrogen (secondary N) is 1. The number of amides is 1. The van der Waals surface area contributed by atoms with Crippen LogP contribution in [0.2, 0.25) is 0 Å². The molecule has 4 rings (SSSR count). The maximum Gasteiger partial charge on any atom is 0.255 e. The zero-order chi connectivity index (χ0) is 20.1. The molecule has 0 saturated heterocycles. The highest BCUT2D eigenvalue weighted by atomic mass is 16.1. The second-order valence-corrected chi connectivity index (χ2v) is 7.01. The number of hydrogen-bond acceptors (Lipinski definition) is 2. The average molecular weight is 378 g/mol. The van der Waals surface area contributed by atoms with Crippen LogP contribution in [-0.4, -0.2) is 5.91 Å². The lowest BCUT2D eigenvalue weighted by atomic mass is 10.0. The lowest BCUT2D eigenvalue weighted by molar-refractivity contribution is 0.102. The lowest BCUT2D eigenvalue weighted by Crippen LogP contribution is -2.11. The summed E-state index contributed by atoms with van der Waals surface area (Å²) in [4.78, 5) is 12.5. The quantitative estimate of drug-likeness (QED) is 0.433. The third kappa shape index (κ3) is 4.71. The summed E-state index contributed by atoms with van der Waals surface area (Å²) < 4.78 is 0. The van der Waals surface area contributed by atoms with Crippen LogP contribution in [0.15, 0.2) is 103 Å². The third-order valence-electron chi connectivity index (χ3n) is 4.85. The highest BCUT2D eigenvalue weighted by Crippen LogP contribution is 2.20. The largest absolute Gasteiger partial charge is 0.399 e. The van der Waals surface area contributed by atoms with Gasteiger partial charge in [-0.15, -0.1) is 0 Å². The van der Waals surface area contributed by atoms with Crippen molar-refractivity contribution in [3.05, 3.63) is 120 Å². The Balaban J connectivity index is 1.39. The fourth-order valence-electron chi connectivity index (χ4n) is 3.23. The summed E-state index contributed by atoms with van der Waals surface area (Å²) in [6.45, 7) is 0. The van der Waals surface area contributed by atoms with Crippen molar-refractivity contribution in [2.24, 2.45) is 0 Å². The first kappa shape index (κ1) is 18.5. The summed E-state index contributed by atoms with van der Waals surface area (Å²) >= 11 is 0. The molecule has 0 unspecified atom stereocenters. The summed E-state index contributed by atoms with van der Waals surface area (Å²) in [6, 6.07) is 33.6. The van der Waals surface area contributed by atoms with Crippen LogP contribution in [0.25, 0.3) is 11.1 Å². The van der Waals surface area contributed by atoms with E-state index in [1.807, 2.05) is 91.0 Å².